The molecule has 1 aliphatic heterocycles. The number of carbonyl (C=O) groups excluding carboxylic acids is 1. The van der Waals surface area contributed by atoms with E-state index in [1.807, 2.05) is 66.7 Å². The minimum atomic E-state index is -0.292. The zero-order chi connectivity index (χ0) is 25.6. The number of allylic oxidation sites excluding steroid dienone is 2. The molecule has 0 saturated carbocycles. The molecule has 5 nitrogen and oxygen atoms in total. The van der Waals surface area contributed by atoms with Crippen molar-refractivity contribution in [1.29, 1.82) is 0 Å². The van der Waals surface area contributed by atoms with Gasteiger partial charge >= 0.3 is 0 Å². The Morgan fingerprint density at radius 3 is 2.42 bits per heavy atom. The third kappa shape index (κ3) is 3.88. The Kier molecular flexibility index (Phi) is 5.36. The van der Waals surface area contributed by atoms with E-state index >= 15 is 0 Å². The van der Waals surface area contributed by atoms with Gasteiger partial charge in [-0.05, 0) is 66.8 Å². The molecule has 0 fully saturated rings. The van der Waals surface area contributed by atoms with Gasteiger partial charge in [-0.25, -0.2) is 4.98 Å². The maximum Gasteiger partial charge on any atom is 0.209 e. The van der Waals surface area contributed by atoms with E-state index in [1.165, 1.54) is 11.1 Å². The quantitative estimate of drug-likeness (QED) is 0.278. The average molecular weight is 498 g/mol. The van der Waals surface area contributed by atoms with Crippen molar-refractivity contribution >= 4 is 22.8 Å². The Labute approximate surface area is 221 Å². The van der Waals surface area contributed by atoms with Gasteiger partial charge in [0.05, 0.1) is 17.1 Å². The van der Waals surface area contributed by atoms with Crippen LogP contribution in [0, 0.1) is 6.92 Å². The third-order valence-corrected chi connectivity index (χ3v) is 7.60. The van der Waals surface area contributed by atoms with E-state index in [4.69, 9.17) is 9.72 Å². The monoisotopic (exact) mass is 497 g/mol. The van der Waals surface area contributed by atoms with Gasteiger partial charge in [0.1, 0.15) is 11.5 Å². The number of anilines is 1. The van der Waals surface area contributed by atoms with Gasteiger partial charge in [-0.2, -0.15) is 0 Å². The van der Waals surface area contributed by atoms with E-state index in [1.54, 1.807) is 0 Å². The number of aromatic nitrogens is 2. The summed E-state index contributed by atoms with van der Waals surface area (Å²) in [5, 5.41) is 3.56. The molecule has 1 aromatic heterocycles. The molecule has 0 unspecified atom stereocenters. The number of ether oxygens (including phenoxy) is 1. The van der Waals surface area contributed by atoms with E-state index < -0.39 is 0 Å². The maximum atomic E-state index is 13.9. The van der Waals surface area contributed by atoms with E-state index in [-0.39, 0.29) is 17.7 Å². The highest BCUT2D eigenvalue weighted by Crippen LogP contribution is 2.46. The van der Waals surface area contributed by atoms with Crippen LogP contribution in [0.3, 0.4) is 0 Å². The minimum absolute atomic E-state index is 0.138. The largest absolute Gasteiger partial charge is 0.457 e. The van der Waals surface area contributed by atoms with E-state index in [2.05, 4.69) is 53.2 Å². The van der Waals surface area contributed by atoms with Crippen molar-refractivity contribution in [3.05, 3.63) is 131 Å². The van der Waals surface area contributed by atoms with E-state index in [0.29, 0.717) is 6.42 Å². The van der Waals surface area contributed by atoms with Gasteiger partial charge in [0, 0.05) is 17.7 Å². The van der Waals surface area contributed by atoms with Crippen LogP contribution >= 0.6 is 0 Å². The van der Waals surface area contributed by atoms with Gasteiger partial charge in [0.25, 0.3) is 0 Å². The molecule has 0 radical (unpaired) electrons. The van der Waals surface area contributed by atoms with Crippen molar-refractivity contribution in [2.45, 2.75) is 31.7 Å². The average Bonchev–Trinajstić information content (AvgIpc) is 3.31. The summed E-state index contributed by atoms with van der Waals surface area (Å²) in [6.45, 7) is 2.09. The first-order valence-electron chi connectivity index (χ1n) is 13.0. The van der Waals surface area contributed by atoms with Gasteiger partial charge in [0.2, 0.25) is 5.95 Å². The van der Waals surface area contributed by atoms with Crippen LogP contribution in [0.5, 0.6) is 11.5 Å². The summed E-state index contributed by atoms with van der Waals surface area (Å²) in [4.78, 5) is 18.9. The number of nitrogens with one attached hydrogen (secondary N) is 1. The van der Waals surface area contributed by atoms with Crippen LogP contribution in [0.25, 0.3) is 11.0 Å². The topological polar surface area (TPSA) is 56.2 Å². The number of benzene rings is 4. The number of aryl methyl sites for hydroxylation is 1. The molecule has 2 atom stereocenters. The van der Waals surface area contributed by atoms with Crippen molar-refractivity contribution < 1.29 is 9.53 Å². The first kappa shape index (κ1) is 22.5. The zero-order valence-electron chi connectivity index (χ0n) is 21.1. The lowest BCUT2D eigenvalue weighted by Crippen LogP contribution is -2.33. The summed E-state index contributed by atoms with van der Waals surface area (Å²) >= 11 is 0. The number of fused-ring (bicyclic) bond motifs is 3. The van der Waals surface area contributed by atoms with Gasteiger partial charge in [-0.15, -0.1) is 0 Å². The fourth-order valence-corrected chi connectivity index (χ4v) is 5.79. The van der Waals surface area contributed by atoms with Gasteiger partial charge in [-0.1, -0.05) is 72.3 Å². The molecule has 7 rings (SSSR count). The number of Topliss-reactive ketones (excluding diaryl/α,β-unsaturated/α-hetero) is 1. The van der Waals surface area contributed by atoms with Crippen molar-refractivity contribution in [3.63, 3.8) is 0 Å². The van der Waals surface area contributed by atoms with Crippen molar-refractivity contribution in [2.75, 3.05) is 5.32 Å². The number of carbonyl (C=O) groups is 1. The Morgan fingerprint density at radius 1 is 0.816 bits per heavy atom. The van der Waals surface area contributed by atoms with Crippen molar-refractivity contribution in [2.24, 2.45) is 0 Å². The Hall–Kier alpha value is -4.64. The molecular formula is C33H27N3O2. The second-order valence-corrected chi connectivity index (χ2v) is 10.1. The number of ketones is 1. The molecule has 5 aromatic rings. The van der Waals surface area contributed by atoms with Crippen molar-refractivity contribution in [3.8, 4) is 11.5 Å². The summed E-state index contributed by atoms with van der Waals surface area (Å²) in [6.07, 6.45) is 1.26. The molecule has 0 saturated heterocycles. The Bertz CT molecular complexity index is 1700. The molecule has 5 heteroatoms. The molecule has 0 bridgehead atoms. The SMILES string of the molecule is Cc1ccc([C@H]2CC(=O)C3=C(C2)Nc2nc4ccccc4n2[C@@H]3c2cccc(Oc3ccccc3)c2)cc1. The van der Waals surface area contributed by atoms with Crippen LogP contribution in [0.4, 0.5) is 5.95 Å². The number of para-hydroxylation sites is 3. The Morgan fingerprint density at radius 2 is 1.58 bits per heavy atom. The lowest BCUT2D eigenvalue weighted by Gasteiger charge is -2.36. The second kappa shape index (κ2) is 9.03. The molecule has 2 heterocycles. The lowest BCUT2D eigenvalue weighted by atomic mass is 9.77. The molecule has 0 amide bonds. The number of nitrogens with zero attached hydrogens (tertiary/aromatic N) is 2. The van der Waals surface area contributed by atoms with E-state index in [0.717, 1.165) is 51.7 Å². The Balaban J connectivity index is 1.35. The molecule has 2 aliphatic rings. The second-order valence-electron chi connectivity index (χ2n) is 10.1. The third-order valence-electron chi connectivity index (χ3n) is 7.60. The minimum Gasteiger partial charge on any atom is -0.457 e. The van der Waals surface area contributed by atoms with Crippen LogP contribution in [0.1, 0.15) is 41.5 Å². The lowest BCUT2D eigenvalue weighted by molar-refractivity contribution is -0.116. The molecule has 186 valence electrons. The fourth-order valence-electron chi connectivity index (χ4n) is 5.79. The van der Waals surface area contributed by atoms with Crippen LogP contribution < -0.4 is 10.1 Å². The normalized spacial score (nSPS) is 18.6. The first-order chi connectivity index (χ1) is 18.6. The molecule has 4 aromatic carbocycles. The molecular weight excluding hydrogens is 470 g/mol. The van der Waals surface area contributed by atoms with Crippen LogP contribution in [0.15, 0.2) is 114 Å². The van der Waals surface area contributed by atoms with E-state index in [9.17, 15) is 4.79 Å². The number of hydrogen-bond donors (Lipinski definition) is 1. The summed E-state index contributed by atoms with van der Waals surface area (Å²) in [5.74, 6) is 2.59. The summed E-state index contributed by atoms with van der Waals surface area (Å²) in [7, 11) is 0. The van der Waals surface area contributed by atoms with Crippen LogP contribution in [-0.4, -0.2) is 15.3 Å². The highest BCUT2D eigenvalue weighted by Gasteiger charge is 2.39. The van der Waals surface area contributed by atoms with Gasteiger partial charge < -0.3 is 10.1 Å². The highest BCUT2D eigenvalue weighted by molar-refractivity contribution is 6.01. The highest BCUT2D eigenvalue weighted by atomic mass is 16.5. The summed E-state index contributed by atoms with van der Waals surface area (Å²) in [5.41, 5.74) is 7.10. The predicted molar refractivity (Wildman–Crippen MR) is 150 cm³/mol. The number of hydrogen-bond acceptors (Lipinski definition) is 4. The maximum absolute atomic E-state index is 13.9. The van der Waals surface area contributed by atoms with Crippen molar-refractivity contribution in [1.82, 2.24) is 9.55 Å². The van der Waals surface area contributed by atoms with Crippen LogP contribution in [-0.2, 0) is 4.79 Å². The molecule has 0 spiro atoms. The zero-order valence-corrected chi connectivity index (χ0v) is 21.1. The number of rotatable bonds is 4. The number of imidazole rings is 1. The molecule has 1 aliphatic carbocycles. The molecule has 1 N–H and O–H groups in total. The van der Waals surface area contributed by atoms with Gasteiger partial charge in [-0.3, -0.25) is 9.36 Å². The smallest absolute Gasteiger partial charge is 0.209 e. The fraction of sp³-hybridized carbons (Fsp3) is 0.152. The first-order valence-corrected chi connectivity index (χ1v) is 13.0. The van der Waals surface area contributed by atoms with Crippen LogP contribution in [0.2, 0.25) is 0 Å². The summed E-state index contributed by atoms with van der Waals surface area (Å²) < 4.78 is 8.34. The van der Waals surface area contributed by atoms with Gasteiger partial charge in [0.15, 0.2) is 5.78 Å². The molecule has 38 heavy (non-hydrogen) atoms. The predicted octanol–water partition coefficient (Wildman–Crippen LogP) is 7.55. The summed E-state index contributed by atoms with van der Waals surface area (Å²) in [6, 6.07) is 34.2. The standard InChI is InChI=1S/C33H27N3O2/c1-21-14-16-22(17-15-21)24-19-28-31(30(37)20-24)32(36-29-13-6-5-12-27(29)34-33(36)35-28)23-8-7-11-26(18-23)38-25-9-3-2-4-10-25/h2-18,24,32H,19-20H2,1H3,(H,34,35)/t24-,32-/m1/s1.